The van der Waals surface area contributed by atoms with E-state index in [1.54, 1.807) is 0 Å². The average Bonchev–Trinajstić information content (AvgIpc) is 1.93. The van der Waals surface area contributed by atoms with Gasteiger partial charge in [0.2, 0.25) is 0 Å². The van der Waals surface area contributed by atoms with E-state index in [1.807, 2.05) is 43.4 Å². The molecule has 0 fully saturated rings. The van der Waals surface area contributed by atoms with Crippen molar-refractivity contribution in [1.29, 1.82) is 0 Å². The van der Waals surface area contributed by atoms with E-state index in [9.17, 15) is 0 Å². The Hall–Kier alpha value is 0.0469. The molecule has 0 aromatic heterocycles. The summed E-state index contributed by atoms with van der Waals surface area (Å²) < 4.78 is 0. The molecule has 0 aromatic carbocycles. The second-order valence-corrected chi connectivity index (χ2v) is 11.2. The second-order valence-electron chi connectivity index (χ2n) is 2.75. The molecular weight excluding hydrogens is 243 g/mol. The zero-order valence-corrected chi connectivity index (χ0v) is 10.4. The van der Waals surface area contributed by atoms with Gasteiger partial charge in [-0.3, -0.25) is 0 Å². The quantitative estimate of drug-likeness (QED) is 0.484. The number of hydrogen-bond donors (Lipinski definition) is 0. The summed E-state index contributed by atoms with van der Waals surface area (Å²) in [6, 6.07) is -2.72. The second kappa shape index (κ2) is 4.51. The van der Waals surface area contributed by atoms with Crippen LogP contribution >= 0.6 is 33.2 Å². The molecule has 0 N–H and O–H groups in total. The highest BCUT2D eigenvalue weighted by atomic mass is 35.8. The molecule has 0 unspecified atom stereocenters. The molecule has 0 saturated heterocycles. The molecule has 0 radical (unpaired) electrons. The first-order chi connectivity index (χ1) is 6.00. The van der Waals surface area contributed by atoms with Crippen molar-refractivity contribution in [1.82, 2.24) is 0 Å². The zero-order chi connectivity index (χ0) is 9.90. The molecule has 13 heavy (non-hydrogen) atoms. The van der Waals surface area contributed by atoms with Gasteiger partial charge in [-0.2, -0.15) is 0 Å². The van der Waals surface area contributed by atoms with Crippen molar-refractivity contribution in [3.8, 4) is 0 Å². The predicted molar refractivity (Wildman–Crippen MR) is 63.4 cm³/mol. The highest BCUT2D eigenvalue weighted by molar-refractivity contribution is 7.67. The van der Waals surface area contributed by atoms with Crippen LogP contribution in [0.4, 0.5) is 0 Å². The first-order valence-corrected chi connectivity index (χ1v) is 8.84. The topological polar surface area (TPSA) is 0 Å². The van der Waals surface area contributed by atoms with Crippen molar-refractivity contribution < 1.29 is 0 Å². The molecule has 0 atom stereocenters. The highest BCUT2D eigenvalue weighted by Gasteiger charge is 2.28. The standard InChI is InChI=1S/C9H9Cl3Si/c1-8-4-2-6-9(7-3-5-8)13(10,11)12/h2-7H,1H3/b4-2-,5-3?,6-2?,7-3-,8-4?,8-5-,9-6+,9-7?. The van der Waals surface area contributed by atoms with Crippen molar-refractivity contribution in [2.45, 2.75) is 6.92 Å². The fourth-order valence-electron chi connectivity index (χ4n) is 0.907. The molecule has 70 valence electrons. The fraction of sp³-hybridized carbons (Fsp3) is 0.111. The van der Waals surface area contributed by atoms with Crippen LogP contribution in [0.3, 0.4) is 0 Å². The Morgan fingerprint density at radius 2 is 1.62 bits per heavy atom. The fourth-order valence-corrected chi connectivity index (χ4v) is 2.61. The Kier molecular flexibility index (Phi) is 3.86. The normalized spacial score (nSPS) is 30.5. The monoisotopic (exact) mass is 250 g/mol. The van der Waals surface area contributed by atoms with Crippen molar-refractivity contribution >= 4 is 39.2 Å². The molecule has 0 aromatic rings. The minimum atomic E-state index is -2.72. The van der Waals surface area contributed by atoms with Gasteiger partial charge in [0.15, 0.2) is 0 Å². The lowest BCUT2D eigenvalue weighted by molar-refractivity contribution is 1.51. The van der Waals surface area contributed by atoms with Gasteiger partial charge in [0.05, 0.1) is 0 Å². The number of hydrogen-bond acceptors (Lipinski definition) is 0. The van der Waals surface area contributed by atoms with Gasteiger partial charge in [-0.1, -0.05) is 42.0 Å². The molecule has 0 bridgehead atoms. The summed E-state index contributed by atoms with van der Waals surface area (Å²) in [6.45, 7) is 2.02. The van der Waals surface area contributed by atoms with Crippen LogP contribution < -0.4 is 0 Å². The largest absolute Gasteiger partial charge is 0.372 e. The molecule has 0 heterocycles. The van der Waals surface area contributed by atoms with Gasteiger partial charge in [0, 0.05) is 0 Å². The SMILES string of the molecule is CC1=C/C=C\C([Si](Cl)(Cl)Cl)=C/C=C\1. The van der Waals surface area contributed by atoms with Gasteiger partial charge >= 0.3 is 6.00 Å². The molecule has 0 saturated carbocycles. The van der Waals surface area contributed by atoms with Crippen LogP contribution in [0.25, 0.3) is 0 Å². The third-order valence-electron chi connectivity index (χ3n) is 1.60. The maximum Gasteiger partial charge on any atom is 0.372 e. The molecule has 0 aliphatic heterocycles. The summed E-state index contributed by atoms with van der Waals surface area (Å²) >= 11 is 17.6. The van der Waals surface area contributed by atoms with Gasteiger partial charge in [0.1, 0.15) is 0 Å². The van der Waals surface area contributed by atoms with E-state index in [-0.39, 0.29) is 0 Å². The van der Waals surface area contributed by atoms with E-state index in [1.165, 1.54) is 5.57 Å². The molecule has 0 nitrogen and oxygen atoms in total. The molecular formula is C9H9Cl3Si. The average molecular weight is 252 g/mol. The van der Waals surface area contributed by atoms with Gasteiger partial charge in [-0.25, -0.2) is 0 Å². The van der Waals surface area contributed by atoms with E-state index < -0.39 is 6.00 Å². The minimum Gasteiger partial charge on any atom is -0.121 e. The zero-order valence-electron chi connectivity index (χ0n) is 7.10. The van der Waals surface area contributed by atoms with Crippen LogP contribution in [-0.4, -0.2) is 6.00 Å². The predicted octanol–water partition coefficient (Wildman–Crippen LogP) is 4.18. The molecule has 1 aliphatic rings. The summed E-state index contributed by atoms with van der Waals surface area (Å²) in [6.07, 6.45) is 11.5. The van der Waals surface area contributed by atoms with Crippen LogP contribution in [0.5, 0.6) is 0 Å². The van der Waals surface area contributed by atoms with E-state index in [2.05, 4.69) is 0 Å². The third-order valence-corrected chi connectivity index (χ3v) is 4.55. The number of halogens is 3. The Balaban J connectivity index is 2.93. The molecule has 4 heteroatoms. The molecule has 1 rings (SSSR count). The summed E-state index contributed by atoms with van der Waals surface area (Å²) in [7, 11) is 0. The lowest BCUT2D eigenvalue weighted by atomic mass is 10.2. The Labute approximate surface area is 93.3 Å². The van der Waals surface area contributed by atoms with Crippen molar-refractivity contribution in [3.63, 3.8) is 0 Å². The summed E-state index contributed by atoms with van der Waals surface area (Å²) in [5.41, 5.74) is 1.18. The number of allylic oxidation sites excluding steroid dienone is 8. The first kappa shape index (κ1) is 11.1. The summed E-state index contributed by atoms with van der Waals surface area (Å²) in [5, 5.41) is 0.803. The van der Waals surface area contributed by atoms with Crippen molar-refractivity contribution in [3.05, 3.63) is 47.2 Å². The van der Waals surface area contributed by atoms with E-state index in [0.717, 1.165) is 5.20 Å². The van der Waals surface area contributed by atoms with E-state index >= 15 is 0 Å². The Bertz CT molecular complexity index is 305. The van der Waals surface area contributed by atoms with Crippen LogP contribution in [-0.2, 0) is 0 Å². The maximum atomic E-state index is 5.87. The van der Waals surface area contributed by atoms with Crippen LogP contribution in [0.2, 0.25) is 0 Å². The van der Waals surface area contributed by atoms with Gasteiger partial charge in [-0.05, 0) is 12.1 Å². The number of rotatable bonds is 1. The lowest BCUT2D eigenvalue weighted by Crippen LogP contribution is -2.12. The third kappa shape index (κ3) is 3.73. The van der Waals surface area contributed by atoms with E-state index in [0.29, 0.717) is 0 Å². The first-order valence-electron chi connectivity index (χ1n) is 3.80. The van der Waals surface area contributed by atoms with Gasteiger partial charge in [-0.15, -0.1) is 33.2 Å². The van der Waals surface area contributed by atoms with Crippen molar-refractivity contribution in [2.24, 2.45) is 0 Å². The summed E-state index contributed by atoms with van der Waals surface area (Å²) in [4.78, 5) is 0. The Morgan fingerprint density at radius 1 is 1.00 bits per heavy atom. The smallest absolute Gasteiger partial charge is 0.121 e. The van der Waals surface area contributed by atoms with Crippen LogP contribution in [0.15, 0.2) is 47.2 Å². The lowest BCUT2D eigenvalue weighted by Gasteiger charge is -2.08. The maximum absolute atomic E-state index is 5.87. The van der Waals surface area contributed by atoms with E-state index in [4.69, 9.17) is 33.2 Å². The minimum absolute atomic E-state index is 0.803. The van der Waals surface area contributed by atoms with Crippen LogP contribution in [0.1, 0.15) is 6.92 Å². The summed E-state index contributed by atoms with van der Waals surface area (Å²) in [5.74, 6) is 0. The molecule has 0 spiro atoms. The van der Waals surface area contributed by atoms with Crippen molar-refractivity contribution in [2.75, 3.05) is 0 Å². The molecule has 1 aliphatic carbocycles. The van der Waals surface area contributed by atoms with Gasteiger partial charge < -0.3 is 0 Å². The highest BCUT2D eigenvalue weighted by Crippen LogP contribution is 2.30. The Morgan fingerprint density at radius 3 is 2.23 bits per heavy atom. The van der Waals surface area contributed by atoms with Crippen LogP contribution in [0, 0.1) is 0 Å². The van der Waals surface area contributed by atoms with Gasteiger partial charge in [0.25, 0.3) is 0 Å². The molecule has 0 amide bonds.